The minimum atomic E-state index is -0.426. The lowest BCUT2D eigenvalue weighted by atomic mass is 10.1. The molecule has 0 bridgehead atoms. The van der Waals surface area contributed by atoms with Gasteiger partial charge >= 0.3 is 0 Å². The lowest BCUT2D eigenvalue weighted by Crippen LogP contribution is -2.23. The summed E-state index contributed by atoms with van der Waals surface area (Å²) in [5.41, 5.74) is 3.55. The zero-order chi connectivity index (χ0) is 21.8. The molecule has 0 unspecified atom stereocenters. The van der Waals surface area contributed by atoms with Gasteiger partial charge in [0.2, 0.25) is 0 Å². The van der Waals surface area contributed by atoms with Gasteiger partial charge in [-0.3, -0.25) is 9.89 Å². The van der Waals surface area contributed by atoms with Crippen molar-refractivity contribution in [3.63, 3.8) is 0 Å². The van der Waals surface area contributed by atoms with Crippen molar-refractivity contribution >= 4 is 40.3 Å². The molecule has 0 spiro atoms. The summed E-state index contributed by atoms with van der Waals surface area (Å²) in [5.74, 6) is -0.0596. The van der Waals surface area contributed by atoms with Crippen LogP contribution in [0.1, 0.15) is 27.2 Å². The molecule has 0 atom stereocenters. The standard InChI is InChI=1S/C23H20FN3O3S/c1-29-20-11-14(3-6-17(20)24)4-7-18-21-19(27-26-18)8-5-16(22(21)30-2)23(28)25-12-15-9-10-31-13-15/h3-11,13H,12H2,1-2H3,(H,25,28)(H,26,27). The van der Waals surface area contributed by atoms with Gasteiger partial charge in [0.1, 0.15) is 5.75 Å². The molecule has 158 valence electrons. The maximum atomic E-state index is 13.6. The average Bonchev–Trinajstić information content (AvgIpc) is 3.46. The van der Waals surface area contributed by atoms with Gasteiger partial charge in [0, 0.05) is 6.54 Å². The van der Waals surface area contributed by atoms with Crippen LogP contribution >= 0.6 is 11.3 Å². The largest absolute Gasteiger partial charge is 0.495 e. The van der Waals surface area contributed by atoms with Crippen LogP contribution in [0.2, 0.25) is 0 Å². The van der Waals surface area contributed by atoms with Crippen LogP contribution in [0.4, 0.5) is 4.39 Å². The van der Waals surface area contributed by atoms with E-state index in [9.17, 15) is 9.18 Å². The number of aromatic nitrogens is 2. The van der Waals surface area contributed by atoms with E-state index in [0.29, 0.717) is 28.9 Å². The van der Waals surface area contributed by atoms with Crippen LogP contribution in [0, 0.1) is 5.82 Å². The van der Waals surface area contributed by atoms with Gasteiger partial charge in [-0.25, -0.2) is 4.39 Å². The molecule has 0 fully saturated rings. The lowest BCUT2D eigenvalue weighted by molar-refractivity contribution is 0.0948. The molecule has 2 N–H and O–H groups in total. The second kappa shape index (κ2) is 9.01. The third-order valence-corrected chi connectivity index (χ3v) is 5.53. The monoisotopic (exact) mass is 437 g/mol. The van der Waals surface area contributed by atoms with Crippen molar-refractivity contribution in [2.75, 3.05) is 14.2 Å². The number of carbonyl (C=O) groups is 1. The molecule has 0 aliphatic heterocycles. The molecule has 2 heterocycles. The normalized spacial score (nSPS) is 11.2. The number of thiophene rings is 1. The van der Waals surface area contributed by atoms with E-state index in [4.69, 9.17) is 9.47 Å². The topological polar surface area (TPSA) is 76.2 Å². The third kappa shape index (κ3) is 4.29. The number of nitrogens with one attached hydrogen (secondary N) is 2. The van der Waals surface area contributed by atoms with Gasteiger partial charge in [0.05, 0.1) is 36.4 Å². The Kier molecular flexibility index (Phi) is 5.99. The van der Waals surface area contributed by atoms with E-state index in [0.717, 1.165) is 16.6 Å². The van der Waals surface area contributed by atoms with Crippen LogP contribution in [-0.2, 0) is 6.54 Å². The number of ether oxygens (including phenoxy) is 2. The van der Waals surface area contributed by atoms with Gasteiger partial charge in [-0.15, -0.1) is 0 Å². The van der Waals surface area contributed by atoms with Crippen molar-refractivity contribution in [2.24, 2.45) is 0 Å². The highest BCUT2D eigenvalue weighted by atomic mass is 32.1. The fourth-order valence-electron chi connectivity index (χ4n) is 3.24. The summed E-state index contributed by atoms with van der Waals surface area (Å²) in [7, 11) is 2.94. The Labute approximate surface area is 182 Å². The van der Waals surface area contributed by atoms with Crippen molar-refractivity contribution in [2.45, 2.75) is 6.54 Å². The maximum absolute atomic E-state index is 13.6. The predicted octanol–water partition coefficient (Wildman–Crippen LogP) is 4.88. The van der Waals surface area contributed by atoms with E-state index in [2.05, 4.69) is 15.5 Å². The first kappa shape index (κ1) is 20.6. The second-order valence-corrected chi connectivity index (χ2v) is 7.50. The highest BCUT2D eigenvalue weighted by molar-refractivity contribution is 7.07. The molecular weight excluding hydrogens is 417 g/mol. The summed E-state index contributed by atoms with van der Waals surface area (Å²) in [6.07, 6.45) is 3.57. The smallest absolute Gasteiger partial charge is 0.255 e. The third-order valence-electron chi connectivity index (χ3n) is 4.80. The quantitative estimate of drug-likeness (QED) is 0.432. The summed E-state index contributed by atoms with van der Waals surface area (Å²) in [6, 6.07) is 10.1. The summed E-state index contributed by atoms with van der Waals surface area (Å²) in [6.45, 7) is 0.439. The fraction of sp³-hybridized carbons (Fsp3) is 0.130. The Morgan fingerprint density at radius 2 is 2.06 bits per heavy atom. The minimum Gasteiger partial charge on any atom is -0.495 e. The number of methoxy groups -OCH3 is 2. The van der Waals surface area contributed by atoms with Gasteiger partial charge < -0.3 is 14.8 Å². The highest BCUT2D eigenvalue weighted by Crippen LogP contribution is 2.32. The molecule has 2 aromatic heterocycles. The number of hydrogen-bond donors (Lipinski definition) is 2. The Morgan fingerprint density at radius 3 is 2.81 bits per heavy atom. The summed E-state index contributed by atoms with van der Waals surface area (Å²) in [4.78, 5) is 12.8. The second-order valence-electron chi connectivity index (χ2n) is 6.72. The molecule has 0 saturated carbocycles. The van der Waals surface area contributed by atoms with Crippen LogP contribution in [0.25, 0.3) is 23.1 Å². The van der Waals surface area contributed by atoms with Crippen molar-refractivity contribution in [1.82, 2.24) is 15.5 Å². The molecule has 8 heteroatoms. The summed E-state index contributed by atoms with van der Waals surface area (Å²) in [5, 5.41) is 14.9. The molecule has 31 heavy (non-hydrogen) atoms. The first-order valence-electron chi connectivity index (χ1n) is 9.46. The van der Waals surface area contributed by atoms with E-state index < -0.39 is 5.82 Å². The molecular formula is C23H20FN3O3S. The molecule has 0 radical (unpaired) electrons. The zero-order valence-electron chi connectivity index (χ0n) is 16.9. The molecule has 0 aliphatic rings. The minimum absolute atomic E-state index is 0.163. The van der Waals surface area contributed by atoms with Crippen LogP contribution in [0.5, 0.6) is 11.5 Å². The van der Waals surface area contributed by atoms with Crippen molar-refractivity contribution in [3.05, 3.63) is 75.4 Å². The molecule has 2 aromatic carbocycles. The SMILES string of the molecule is COc1cc(C=Cc2n[nH]c3ccc(C(=O)NCc4ccsc4)c(OC)c23)ccc1F. The number of halogens is 1. The lowest BCUT2D eigenvalue weighted by Gasteiger charge is -2.10. The Balaban J connectivity index is 1.66. The molecule has 4 aromatic rings. The van der Waals surface area contributed by atoms with Crippen LogP contribution in [0.3, 0.4) is 0 Å². The number of rotatable bonds is 7. The van der Waals surface area contributed by atoms with Crippen LogP contribution in [-0.4, -0.2) is 30.3 Å². The predicted molar refractivity (Wildman–Crippen MR) is 120 cm³/mol. The van der Waals surface area contributed by atoms with Gasteiger partial charge in [0.15, 0.2) is 11.6 Å². The Bertz CT molecular complexity index is 1250. The van der Waals surface area contributed by atoms with Crippen molar-refractivity contribution in [1.29, 1.82) is 0 Å². The number of fused-ring (bicyclic) bond motifs is 1. The maximum Gasteiger partial charge on any atom is 0.255 e. The van der Waals surface area contributed by atoms with Crippen LogP contribution in [0.15, 0.2) is 47.2 Å². The molecule has 0 aliphatic carbocycles. The molecule has 1 amide bonds. The first-order chi connectivity index (χ1) is 15.1. The number of nitrogens with zero attached hydrogens (tertiary/aromatic N) is 1. The van der Waals surface area contributed by atoms with Crippen LogP contribution < -0.4 is 14.8 Å². The molecule has 4 rings (SSSR count). The van der Waals surface area contributed by atoms with E-state index in [-0.39, 0.29) is 11.7 Å². The first-order valence-corrected chi connectivity index (χ1v) is 10.4. The van der Waals surface area contributed by atoms with Gasteiger partial charge in [-0.05, 0) is 58.3 Å². The molecule has 6 nitrogen and oxygen atoms in total. The van der Waals surface area contributed by atoms with Gasteiger partial charge in [-0.1, -0.05) is 12.1 Å². The number of H-pyrrole nitrogens is 1. The Morgan fingerprint density at radius 1 is 1.19 bits per heavy atom. The van der Waals surface area contributed by atoms with E-state index in [1.54, 1.807) is 47.8 Å². The summed E-state index contributed by atoms with van der Waals surface area (Å²) < 4.78 is 24.3. The van der Waals surface area contributed by atoms with Crippen molar-refractivity contribution in [3.8, 4) is 11.5 Å². The van der Waals surface area contributed by atoms with E-state index >= 15 is 0 Å². The highest BCUT2D eigenvalue weighted by Gasteiger charge is 2.18. The average molecular weight is 437 g/mol. The van der Waals surface area contributed by atoms with Crippen molar-refractivity contribution < 1.29 is 18.7 Å². The van der Waals surface area contributed by atoms with Gasteiger partial charge in [0.25, 0.3) is 5.91 Å². The number of benzene rings is 2. The van der Waals surface area contributed by atoms with E-state index in [1.165, 1.54) is 20.3 Å². The molecule has 0 saturated heterocycles. The Hall–Kier alpha value is -3.65. The summed E-state index contributed by atoms with van der Waals surface area (Å²) >= 11 is 1.58. The van der Waals surface area contributed by atoms with Gasteiger partial charge in [-0.2, -0.15) is 16.4 Å². The number of hydrogen-bond acceptors (Lipinski definition) is 5. The number of aromatic amines is 1. The zero-order valence-corrected chi connectivity index (χ0v) is 17.8. The van der Waals surface area contributed by atoms with E-state index in [1.807, 2.05) is 16.8 Å². The fourth-order valence-corrected chi connectivity index (χ4v) is 3.91. The number of amides is 1. The number of carbonyl (C=O) groups excluding carboxylic acids is 1.